The fourth-order valence-corrected chi connectivity index (χ4v) is 10.2. The van der Waals surface area contributed by atoms with Gasteiger partial charge in [0.25, 0.3) is 0 Å². The van der Waals surface area contributed by atoms with Gasteiger partial charge < -0.3 is 0 Å². The maximum Gasteiger partial charge on any atom is 0.113 e. The van der Waals surface area contributed by atoms with Crippen LogP contribution in [0.25, 0.3) is 65.7 Å². The molecule has 1 aliphatic heterocycles. The lowest BCUT2D eigenvalue weighted by atomic mass is 9.84. The van der Waals surface area contributed by atoms with Crippen molar-refractivity contribution in [1.29, 1.82) is 0 Å². The first-order chi connectivity index (χ1) is 19.5. The van der Waals surface area contributed by atoms with Crippen molar-refractivity contribution in [2.24, 2.45) is 0 Å². The van der Waals surface area contributed by atoms with Gasteiger partial charge in [0.05, 0.1) is 0 Å². The van der Waals surface area contributed by atoms with Crippen LogP contribution in [0, 0.1) is 6.92 Å². The summed E-state index contributed by atoms with van der Waals surface area (Å²) in [5.41, 5.74) is 9.36. The molecule has 0 bridgehead atoms. The molecule has 0 nitrogen and oxygen atoms in total. The van der Waals surface area contributed by atoms with Crippen LogP contribution >= 0.6 is 0 Å². The van der Waals surface area contributed by atoms with E-state index in [0.717, 1.165) is 0 Å². The normalized spacial score (nSPS) is 13.6. The van der Waals surface area contributed by atoms with Crippen LogP contribution in [0.15, 0.2) is 127 Å². The fourth-order valence-electron chi connectivity index (χ4n) is 7.13. The molecule has 1 heteroatoms. The SMILES string of the molecule is Cc1ccc2c(-c3ccc4ccccc4c3)c3ccccc3c(-c3ccc4c(c3)-c3ccccc3[Si]4(C)C)c2c1. The van der Waals surface area contributed by atoms with Gasteiger partial charge in [0.1, 0.15) is 8.07 Å². The molecule has 0 atom stereocenters. The monoisotopic (exact) mass is 526 g/mol. The van der Waals surface area contributed by atoms with Crippen molar-refractivity contribution < 1.29 is 0 Å². The van der Waals surface area contributed by atoms with E-state index in [2.05, 4.69) is 147 Å². The third kappa shape index (κ3) is 3.31. The summed E-state index contributed by atoms with van der Waals surface area (Å²) in [6.07, 6.45) is 0. The topological polar surface area (TPSA) is 0 Å². The Morgan fingerprint density at radius 2 is 1.02 bits per heavy atom. The smallest absolute Gasteiger partial charge is 0.0623 e. The van der Waals surface area contributed by atoms with E-state index in [1.54, 1.807) is 10.4 Å². The molecule has 0 radical (unpaired) electrons. The first kappa shape index (κ1) is 23.4. The van der Waals surface area contributed by atoms with Gasteiger partial charge in [-0.3, -0.25) is 0 Å². The maximum absolute atomic E-state index is 2.49. The predicted octanol–water partition coefficient (Wildman–Crippen LogP) is 9.59. The molecule has 1 aliphatic rings. The molecule has 1 heterocycles. The molecule has 0 fully saturated rings. The van der Waals surface area contributed by atoms with E-state index in [1.807, 2.05) is 0 Å². The van der Waals surface area contributed by atoms with E-state index >= 15 is 0 Å². The molecule has 0 saturated heterocycles. The molecule has 0 saturated carbocycles. The molecule has 0 spiro atoms. The second-order valence-corrected chi connectivity index (χ2v) is 16.2. The van der Waals surface area contributed by atoms with E-state index in [9.17, 15) is 0 Å². The molecule has 0 aromatic heterocycles. The van der Waals surface area contributed by atoms with Gasteiger partial charge in [-0.05, 0) is 95.1 Å². The lowest BCUT2D eigenvalue weighted by Crippen LogP contribution is -2.49. The molecule has 0 N–H and O–H groups in total. The number of hydrogen-bond donors (Lipinski definition) is 0. The van der Waals surface area contributed by atoms with Gasteiger partial charge in [0.2, 0.25) is 0 Å². The maximum atomic E-state index is 2.49. The summed E-state index contributed by atoms with van der Waals surface area (Å²) in [6, 6.07) is 47.9. The highest BCUT2D eigenvalue weighted by molar-refractivity contribution is 7.03. The molecular formula is C39H30Si. The van der Waals surface area contributed by atoms with Crippen molar-refractivity contribution in [3.05, 3.63) is 133 Å². The van der Waals surface area contributed by atoms with E-state index in [-0.39, 0.29) is 0 Å². The van der Waals surface area contributed by atoms with E-state index in [1.165, 1.54) is 71.3 Å². The van der Waals surface area contributed by atoms with Gasteiger partial charge in [-0.25, -0.2) is 0 Å². The number of fused-ring (bicyclic) bond motifs is 6. The lowest BCUT2D eigenvalue weighted by molar-refractivity contribution is 1.51. The summed E-state index contributed by atoms with van der Waals surface area (Å²) in [7, 11) is -1.70. The summed E-state index contributed by atoms with van der Waals surface area (Å²) in [5.74, 6) is 0. The first-order valence-corrected chi connectivity index (χ1v) is 17.2. The zero-order chi connectivity index (χ0) is 27.0. The Morgan fingerprint density at radius 1 is 0.425 bits per heavy atom. The molecule has 0 aliphatic carbocycles. The Balaban J connectivity index is 1.47. The van der Waals surface area contributed by atoms with Crippen LogP contribution < -0.4 is 10.4 Å². The molecule has 40 heavy (non-hydrogen) atoms. The van der Waals surface area contributed by atoms with Crippen LogP contribution in [-0.4, -0.2) is 8.07 Å². The number of hydrogen-bond acceptors (Lipinski definition) is 0. The van der Waals surface area contributed by atoms with Crippen molar-refractivity contribution in [2.45, 2.75) is 20.0 Å². The fraction of sp³-hybridized carbons (Fsp3) is 0.0769. The molecule has 7 aromatic carbocycles. The number of benzene rings is 7. The second kappa shape index (κ2) is 8.52. The highest BCUT2D eigenvalue weighted by Gasteiger charge is 2.37. The summed E-state index contributed by atoms with van der Waals surface area (Å²) in [4.78, 5) is 0. The quantitative estimate of drug-likeness (QED) is 0.155. The van der Waals surface area contributed by atoms with Gasteiger partial charge in [0.15, 0.2) is 0 Å². The van der Waals surface area contributed by atoms with Crippen LogP contribution in [0.5, 0.6) is 0 Å². The Morgan fingerprint density at radius 3 is 1.85 bits per heavy atom. The molecule has 8 rings (SSSR count). The Hall–Kier alpha value is -4.46. The van der Waals surface area contributed by atoms with Crippen molar-refractivity contribution in [2.75, 3.05) is 0 Å². The first-order valence-electron chi connectivity index (χ1n) is 14.2. The van der Waals surface area contributed by atoms with Crippen LogP contribution in [0.3, 0.4) is 0 Å². The van der Waals surface area contributed by atoms with Gasteiger partial charge >= 0.3 is 0 Å². The van der Waals surface area contributed by atoms with Gasteiger partial charge in [-0.1, -0.05) is 134 Å². The average molecular weight is 527 g/mol. The number of aryl methyl sites for hydroxylation is 1. The summed E-state index contributed by atoms with van der Waals surface area (Å²) in [5, 5.41) is 10.9. The minimum Gasteiger partial charge on any atom is -0.0623 e. The van der Waals surface area contributed by atoms with Gasteiger partial charge in [0, 0.05) is 0 Å². The highest BCUT2D eigenvalue weighted by Crippen LogP contribution is 2.45. The van der Waals surface area contributed by atoms with Crippen LogP contribution in [-0.2, 0) is 0 Å². The average Bonchev–Trinajstić information content (AvgIpc) is 3.21. The van der Waals surface area contributed by atoms with Crippen LogP contribution in [0.2, 0.25) is 13.1 Å². The van der Waals surface area contributed by atoms with Crippen molar-refractivity contribution in [1.82, 2.24) is 0 Å². The van der Waals surface area contributed by atoms with Crippen molar-refractivity contribution in [3.8, 4) is 33.4 Å². The molecule has 190 valence electrons. The summed E-state index contributed by atoms with van der Waals surface area (Å²) < 4.78 is 0. The third-order valence-electron chi connectivity index (χ3n) is 9.09. The van der Waals surface area contributed by atoms with Gasteiger partial charge in [-0.15, -0.1) is 0 Å². The molecular weight excluding hydrogens is 497 g/mol. The highest BCUT2D eigenvalue weighted by atomic mass is 28.3. The van der Waals surface area contributed by atoms with E-state index in [0.29, 0.717) is 0 Å². The third-order valence-corrected chi connectivity index (χ3v) is 12.7. The van der Waals surface area contributed by atoms with Crippen LogP contribution in [0.1, 0.15) is 5.56 Å². The van der Waals surface area contributed by atoms with Gasteiger partial charge in [-0.2, -0.15) is 0 Å². The van der Waals surface area contributed by atoms with E-state index < -0.39 is 8.07 Å². The zero-order valence-electron chi connectivity index (χ0n) is 23.1. The molecule has 0 unspecified atom stereocenters. The molecule has 7 aromatic rings. The Kier molecular flexibility index (Phi) is 4.99. The zero-order valence-corrected chi connectivity index (χ0v) is 24.1. The van der Waals surface area contributed by atoms with E-state index in [4.69, 9.17) is 0 Å². The predicted molar refractivity (Wildman–Crippen MR) is 177 cm³/mol. The van der Waals surface area contributed by atoms with Crippen molar-refractivity contribution in [3.63, 3.8) is 0 Å². The summed E-state index contributed by atoms with van der Waals surface area (Å²) in [6.45, 7) is 7.19. The lowest BCUT2D eigenvalue weighted by Gasteiger charge is -2.20. The minimum atomic E-state index is -1.70. The standard InChI is InChI=1S/C39H30Si/c1-25-16-20-33-35(22-25)39(29-19-21-37-34(24-29)30-12-8-9-15-36(30)40(37,2)3)32-14-7-6-13-31(32)38(33)28-18-17-26-10-4-5-11-27(26)23-28/h4-24H,1-3H3. The van der Waals surface area contributed by atoms with Crippen molar-refractivity contribution >= 4 is 50.8 Å². The second-order valence-electron chi connectivity index (χ2n) is 11.8. The Bertz CT molecular complexity index is 2150. The largest absolute Gasteiger partial charge is 0.113 e. The number of rotatable bonds is 2. The summed E-state index contributed by atoms with van der Waals surface area (Å²) >= 11 is 0. The van der Waals surface area contributed by atoms with Crippen LogP contribution in [0.4, 0.5) is 0 Å². The Labute approximate surface area is 236 Å². The molecule has 0 amide bonds. The minimum absolute atomic E-state index is 1.27.